The molecule has 9 nitrogen and oxygen atoms in total. The first-order valence-corrected chi connectivity index (χ1v) is 10.2. The first-order valence-electron chi connectivity index (χ1n) is 8.68. The number of aromatic amines is 1. The average molecular weight is 405 g/mol. The van der Waals surface area contributed by atoms with E-state index in [2.05, 4.69) is 20.2 Å². The number of hydrogen-bond acceptors (Lipinski definition) is 6. The van der Waals surface area contributed by atoms with E-state index >= 15 is 0 Å². The number of fused-ring (bicyclic) bond motifs is 1. The van der Waals surface area contributed by atoms with Crippen molar-refractivity contribution < 1.29 is 18.3 Å². The Balaban J connectivity index is 1.45. The van der Waals surface area contributed by atoms with Crippen molar-refractivity contribution in [3.8, 4) is 5.75 Å². The number of aromatic nitrogens is 2. The summed E-state index contributed by atoms with van der Waals surface area (Å²) < 4.78 is 30.0. The molecule has 0 radical (unpaired) electrons. The van der Waals surface area contributed by atoms with Gasteiger partial charge < -0.3 is 15.2 Å². The fraction of sp³-hybridized carbons (Fsp3) is 0.278. The molecule has 0 aliphatic rings. The van der Waals surface area contributed by atoms with Crippen molar-refractivity contribution in [2.75, 3.05) is 24.4 Å². The Morgan fingerprint density at radius 1 is 1.29 bits per heavy atom. The van der Waals surface area contributed by atoms with Crippen molar-refractivity contribution in [1.82, 2.24) is 15.5 Å². The molecule has 0 unspecified atom stereocenters. The van der Waals surface area contributed by atoms with E-state index in [9.17, 15) is 13.5 Å². The summed E-state index contributed by atoms with van der Waals surface area (Å²) >= 11 is 0. The molecule has 0 aliphatic carbocycles. The van der Waals surface area contributed by atoms with Crippen molar-refractivity contribution in [3.05, 3.63) is 53.7 Å². The molecule has 0 aliphatic heterocycles. The molecule has 3 rings (SSSR count). The molecule has 0 spiro atoms. The standard InChI is InChI=1S/C18H23N5O4S/c1-12-16-6-5-15(10-17(16)22-21-12)27-8-7-20-11-18(24)13-3-2-4-14(9-13)23-28(19,25)26/h2-6,9-10,18,20,23-24H,7-8,11H2,1H3,(H,21,22)(H2,19,25,26)/t18-/m0/s1. The van der Waals surface area contributed by atoms with Gasteiger partial charge in [0.15, 0.2) is 0 Å². The van der Waals surface area contributed by atoms with Gasteiger partial charge in [-0.05, 0) is 36.8 Å². The molecule has 0 amide bonds. The predicted molar refractivity (Wildman–Crippen MR) is 107 cm³/mol. The van der Waals surface area contributed by atoms with Gasteiger partial charge in [0.05, 0.1) is 17.3 Å². The van der Waals surface area contributed by atoms with Crippen molar-refractivity contribution >= 4 is 26.8 Å². The Morgan fingerprint density at radius 3 is 2.89 bits per heavy atom. The van der Waals surface area contributed by atoms with Gasteiger partial charge in [-0.15, -0.1) is 0 Å². The molecule has 1 aromatic heterocycles. The molecular formula is C18H23N5O4S. The summed E-state index contributed by atoms with van der Waals surface area (Å²) in [5.41, 5.74) is 2.74. The van der Waals surface area contributed by atoms with Gasteiger partial charge in [-0.1, -0.05) is 12.1 Å². The number of rotatable bonds is 9. The fourth-order valence-corrected chi connectivity index (χ4v) is 3.24. The monoisotopic (exact) mass is 405 g/mol. The van der Waals surface area contributed by atoms with Gasteiger partial charge in [0.2, 0.25) is 0 Å². The molecule has 0 saturated heterocycles. The maximum absolute atomic E-state index is 11.1. The normalized spacial score (nSPS) is 12.8. The Morgan fingerprint density at radius 2 is 2.11 bits per heavy atom. The summed E-state index contributed by atoms with van der Waals surface area (Å²) in [7, 11) is -3.85. The number of aryl methyl sites for hydroxylation is 1. The first-order chi connectivity index (χ1) is 13.3. The summed E-state index contributed by atoms with van der Waals surface area (Å²) in [6, 6.07) is 12.2. The summed E-state index contributed by atoms with van der Waals surface area (Å²) in [6.45, 7) is 3.21. The van der Waals surface area contributed by atoms with Crippen LogP contribution in [0.3, 0.4) is 0 Å². The van der Waals surface area contributed by atoms with Crippen LogP contribution < -0.4 is 19.9 Å². The lowest BCUT2D eigenvalue weighted by atomic mass is 10.1. The van der Waals surface area contributed by atoms with Crippen LogP contribution in [0.4, 0.5) is 5.69 Å². The zero-order valence-electron chi connectivity index (χ0n) is 15.3. The second kappa shape index (κ2) is 8.57. The van der Waals surface area contributed by atoms with E-state index in [4.69, 9.17) is 9.88 Å². The number of aliphatic hydroxyl groups excluding tert-OH is 1. The van der Waals surface area contributed by atoms with E-state index < -0.39 is 16.3 Å². The van der Waals surface area contributed by atoms with Crippen LogP contribution in [0.15, 0.2) is 42.5 Å². The van der Waals surface area contributed by atoms with Crippen LogP contribution in [0.2, 0.25) is 0 Å². The van der Waals surface area contributed by atoms with E-state index in [1.807, 2.05) is 25.1 Å². The highest BCUT2D eigenvalue weighted by molar-refractivity contribution is 7.90. The molecule has 1 atom stereocenters. The van der Waals surface area contributed by atoms with Crippen molar-refractivity contribution in [3.63, 3.8) is 0 Å². The van der Waals surface area contributed by atoms with Gasteiger partial charge >= 0.3 is 0 Å². The topological polar surface area (TPSA) is 142 Å². The number of nitrogens with one attached hydrogen (secondary N) is 3. The van der Waals surface area contributed by atoms with Crippen molar-refractivity contribution in [2.24, 2.45) is 5.14 Å². The lowest BCUT2D eigenvalue weighted by Gasteiger charge is -2.14. The highest BCUT2D eigenvalue weighted by Crippen LogP contribution is 2.21. The Hall–Kier alpha value is -2.66. The maximum atomic E-state index is 11.1. The van der Waals surface area contributed by atoms with Gasteiger partial charge in [0.25, 0.3) is 10.2 Å². The third-order valence-corrected chi connectivity index (χ3v) is 4.65. The smallest absolute Gasteiger partial charge is 0.296 e. The Kier molecular flexibility index (Phi) is 6.15. The van der Waals surface area contributed by atoms with E-state index in [-0.39, 0.29) is 0 Å². The van der Waals surface area contributed by atoms with Crippen LogP contribution >= 0.6 is 0 Å². The third-order valence-electron chi connectivity index (χ3n) is 4.13. The second-order valence-corrected chi connectivity index (χ2v) is 7.66. The van der Waals surface area contributed by atoms with Gasteiger partial charge in [0.1, 0.15) is 12.4 Å². The van der Waals surface area contributed by atoms with Crippen molar-refractivity contribution in [2.45, 2.75) is 13.0 Å². The van der Waals surface area contributed by atoms with E-state index in [0.717, 1.165) is 22.3 Å². The quantitative estimate of drug-likeness (QED) is 0.339. The van der Waals surface area contributed by atoms with Crippen LogP contribution in [0.1, 0.15) is 17.4 Å². The number of H-pyrrole nitrogens is 1. The van der Waals surface area contributed by atoms with Crippen LogP contribution in [-0.4, -0.2) is 43.4 Å². The minimum atomic E-state index is -3.85. The molecular weight excluding hydrogens is 382 g/mol. The SMILES string of the molecule is Cc1[nH]nc2cc(OCCNC[C@H](O)c3cccc(NS(N)(=O)=O)c3)ccc12. The summed E-state index contributed by atoms with van der Waals surface area (Å²) in [6.07, 6.45) is -0.800. The minimum Gasteiger partial charge on any atom is -0.492 e. The Bertz CT molecular complexity index is 1050. The third kappa shape index (κ3) is 5.42. The predicted octanol–water partition coefficient (Wildman–Crippen LogP) is 1.19. The van der Waals surface area contributed by atoms with Gasteiger partial charge in [-0.3, -0.25) is 9.82 Å². The molecule has 6 N–H and O–H groups in total. The van der Waals surface area contributed by atoms with Gasteiger partial charge in [-0.25, -0.2) is 5.14 Å². The summed E-state index contributed by atoms with van der Waals surface area (Å²) in [4.78, 5) is 0. The number of nitrogens with zero attached hydrogens (tertiary/aromatic N) is 1. The summed E-state index contributed by atoms with van der Waals surface area (Å²) in [5.74, 6) is 0.725. The average Bonchev–Trinajstić information content (AvgIpc) is 3.00. The van der Waals surface area contributed by atoms with Crippen LogP contribution in [-0.2, 0) is 10.2 Å². The molecule has 150 valence electrons. The molecule has 1 heterocycles. The minimum absolute atomic E-state index is 0.291. The van der Waals surface area contributed by atoms with E-state index in [1.165, 1.54) is 6.07 Å². The molecule has 0 bridgehead atoms. The number of benzene rings is 2. The number of ether oxygens (including phenoxy) is 1. The molecule has 10 heteroatoms. The lowest BCUT2D eigenvalue weighted by molar-refractivity contribution is 0.172. The van der Waals surface area contributed by atoms with Crippen LogP contribution in [0, 0.1) is 6.92 Å². The number of anilines is 1. The molecule has 0 saturated carbocycles. The highest BCUT2D eigenvalue weighted by Gasteiger charge is 2.10. The fourth-order valence-electron chi connectivity index (χ4n) is 2.79. The van der Waals surface area contributed by atoms with Gasteiger partial charge in [0, 0.05) is 30.2 Å². The Labute approximate surface area is 163 Å². The zero-order valence-corrected chi connectivity index (χ0v) is 16.2. The maximum Gasteiger partial charge on any atom is 0.296 e. The van der Waals surface area contributed by atoms with Crippen LogP contribution in [0.25, 0.3) is 10.9 Å². The van der Waals surface area contributed by atoms with Gasteiger partial charge in [-0.2, -0.15) is 13.5 Å². The number of aliphatic hydroxyl groups is 1. The largest absolute Gasteiger partial charge is 0.492 e. The second-order valence-electron chi connectivity index (χ2n) is 6.37. The molecule has 0 fully saturated rings. The zero-order chi connectivity index (χ0) is 20.1. The number of nitrogens with two attached hydrogens (primary N) is 1. The van der Waals surface area contributed by atoms with Crippen LogP contribution in [0.5, 0.6) is 5.75 Å². The molecule has 28 heavy (non-hydrogen) atoms. The lowest BCUT2D eigenvalue weighted by Crippen LogP contribution is -2.26. The summed E-state index contributed by atoms with van der Waals surface area (Å²) in [5, 5.41) is 26.5. The first kappa shape index (κ1) is 20.1. The highest BCUT2D eigenvalue weighted by atomic mass is 32.2. The van der Waals surface area contributed by atoms with Crippen molar-refractivity contribution in [1.29, 1.82) is 0 Å². The molecule has 2 aromatic carbocycles. The van der Waals surface area contributed by atoms with E-state index in [1.54, 1.807) is 18.2 Å². The molecule has 3 aromatic rings. The van der Waals surface area contributed by atoms with E-state index in [0.29, 0.717) is 30.9 Å². The number of hydrogen-bond donors (Lipinski definition) is 5.